The van der Waals surface area contributed by atoms with Crippen molar-refractivity contribution in [3.63, 3.8) is 0 Å². The fourth-order valence-electron chi connectivity index (χ4n) is 3.08. The fraction of sp³-hybridized carbons (Fsp3) is 0.545. The maximum absolute atomic E-state index is 14.1. The number of carbonyl (C=O) groups is 2. The Kier molecular flexibility index (Phi) is 9.18. The highest BCUT2D eigenvalue weighted by atomic mass is 19.4. The Morgan fingerprint density at radius 3 is 2.57 bits per heavy atom. The number of ether oxygens (including phenoxy) is 3. The molecule has 1 aliphatic rings. The quantitative estimate of drug-likeness (QED) is 0.230. The van der Waals surface area contributed by atoms with Gasteiger partial charge in [0.05, 0.1) is 48.6 Å². The van der Waals surface area contributed by atoms with Gasteiger partial charge in [-0.25, -0.2) is 9.18 Å². The standard InChI is InChI=1S/C22H26F4N2O7/c1-21(2,3)35-20(30)27-11-15(7-8-16-17(23)5-4-6-18(16)28(31)32)33-12-14(27)13-34-19(29)9-10-22(24,25)26/h4-8,14-15H,9-13H2,1-3H3/t14-,15+/m0/s1. The maximum atomic E-state index is 14.1. The molecule has 13 heteroatoms. The van der Waals surface area contributed by atoms with Gasteiger partial charge in [-0.15, -0.1) is 0 Å². The Hall–Kier alpha value is -3.22. The van der Waals surface area contributed by atoms with Crippen LogP contribution in [0.15, 0.2) is 24.3 Å². The number of morpholine rings is 1. The summed E-state index contributed by atoms with van der Waals surface area (Å²) in [7, 11) is 0. The van der Waals surface area contributed by atoms with E-state index in [-0.39, 0.29) is 18.7 Å². The van der Waals surface area contributed by atoms with Crippen LogP contribution in [-0.4, -0.2) is 65.6 Å². The molecule has 0 saturated carbocycles. The topological polar surface area (TPSA) is 108 Å². The Bertz CT molecular complexity index is 960. The summed E-state index contributed by atoms with van der Waals surface area (Å²) in [6.45, 7) is 4.15. The fourth-order valence-corrected chi connectivity index (χ4v) is 3.08. The number of amides is 1. The molecule has 1 aromatic carbocycles. The number of hydrogen-bond donors (Lipinski definition) is 0. The van der Waals surface area contributed by atoms with E-state index < -0.39 is 71.9 Å². The molecule has 0 aromatic heterocycles. The molecule has 35 heavy (non-hydrogen) atoms. The van der Waals surface area contributed by atoms with E-state index in [0.29, 0.717) is 0 Å². The normalized spacial score (nSPS) is 19.0. The van der Waals surface area contributed by atoms with Crippen LogP contribution in [0.1, 0.15) is 39.2 Å². The van der Waals surface area contributed by atoms with Crippen molar-refractivity contribution in [2.75, 3.05) is 19.8 Å². The molecule has 0 unspecified atom stereocenters. The number of alkyl halides is 3. The lowest BCUT2D eigenvalue weighted by molar-refractivity contribution is -0.385. The van der Waals surface area contributed by atoms with Crippen LogP contribution in [-0.2, 0) is 19.0 Å². The van der Waals surface area contributed by atoms with Crippen LogP contribution >= 0.6 is 0 Å². The minimum Gasteiger partial charge on any atom is -0.463 e. The molecule has 0 bridgehead atoms. The lowest BCUT2D eigenvalue weighted by Crippen LogP contribution is -2.55. The molecule has 1 heterocycles. The third-order valence-corrected chi connectivity index (χ3v) is 4.70. The van der Waals surface area contributed by atoms with Crippen molar-refractivity contribution in [2.45, 2.75) is 57.5 Å². The van der Waals surface area contributed by atoms with E-state index in [0.717, 1.165) is 12.1 Å². The van der Waals surface area contributed by atoms with Crippen LogP contribution in [0.25, 0.3) is 6.08 Å². The van der Waals surface area contributed by atoms with Gasteiger partial charge in [0, 0.05) is 6.07 Å². The minimum atomic E-state index is -4.51. The van der Waals surface area contributed by atoms with Gasteiger partial charge in [0.25, 0.3) is 5.69 Å². The SMILES string of the molecule is CC(C)(C)OC(=O)N1C[C@@H](C=Cc2c(F)cccc2[N+](=O)[O-])OC[C@H]1COC(=O)CCC(F)(F)F. The summed E-state index contributed by atoms with van der Waals surface area (Å²) in [5.41, 5.74) is -1.60. The van der Waals surface area contributed by atoms with Crippen LogP contribution in [0.2, 0.25) is 0 Å². The van der Waals surface area contributed by atoms with Gasteiger partial charge in [0.2, 0.25) is 0 Å². The molecule has 1 amide bonds. The van der Waals surface area contributed by atoms with Crippen LogP contribution in [0.4, 0.5) is 28.0 Å². The van der Waals surface area contributed by atoms with Crippen molar-refractivity contribution in [3.8, 4) is 0 Å². The van der Waals surface area contributed by atoms with Crippen LogP contribution in [0, 0.1) is 15.9 Å². The predicted octanol–water partition coefficient (Wildman–Crippen LogP) is 4.64. The summed E-state index contributed by atoms with van der Waals surface area (Å²) in [4.78, 5) is 36.0. The number of hydrogen-bond acceptors (Lipinski definition) is 7. The van der Waals surface area contributed by atoms with Gasteiger partial charge in [-0.1, -0.05) is 12.1 Å². The number of benzene rings is 1. The first-order valence-corrected chi connectivity index (χ1v) is 10.6. The molecule has 1 aliphatic heterocycles. The van der Waals surface area contributed by atoms with Crippen molar-refractivity contribution in [2.24, 2.45) is 0 Å². The maximum Gasteiger partial charge on any atom is 0.410 e. The Balaban J connectivity index is 2.13. The molecule has 1 fully saturated rings. The predicted molar refractivity (Wildman–Crippen MR) is 115 cm³/mol. The van der Waals surface area contributed by atoms with Gasteiger partial charge in [0.1, 0.15) is 18.0 Å². The van der Waals surface area contributed by atoms with E-state index in [1.54, 1.807) is 20.8 Å². The van der Waals surface area contributed by atoms with E-state index in [4.69, 9.17) is 14.2 Å². The molecule has 2 atom stereocenters. The van der Waals surface area contributed by atoms with E-state index in [9.17, 15) is 37.3 Å². The largest absolute Gasteiger partial charge is 0.463 e. The monoisotopic (exact) mass is 506 g/mol. The molecule has 2 rings (SSSR count). The summed E-state index contributed by atoms with van der Waals surface area (Å²) in [5, 5.41) is 11.2. The second-order valence-electron chi connectivity index (χ2n) is 8.75. The van der Waals surface area contributed by atoms with E-state index in [1.165, 1.54) is 23.1 Å². The van der Waals surface area contributed by atoms with Crippen LogP contribution < -0.4 is 0 Å². The molecule has 1 saturated heterocycles. The van der Waals surface area contributed by atoms with E-state index in [2.05, 4.69) is 0 Å². The Morgan fingerprint density at radius 1 is 1.29 bits per heavy atom. The number of esters is 1. The van der Waals surface area contributed by atoms with Gasteiger partial charge in [-0.05, 0) is 32.9 Å². The second-order valence-corrected chi connectivity index (χ2v) is 8.75. The molecule has 1 aromatic rings. The molecule has 0 aliphatic carbocycles. The van der Waals surface area contributed by atoms with Gasteiger partial charge in [0.15, 0.2) is 0 Å². The minimum absolute atomic E-state index is 0.140. The zero-order chi connectivity index (χ0) is 26.4. The van der Waals surface area contributed by atoms with Gasteiger partial charge in [-0.3, -0.25) is 19.8 Å². The number of halogens is 4. The second kappa shape index (κ2) is 11.5. The van der Waals surface area contributed by atoms with Crippen molar-refractivity contribution < 1.29 is 46.3 Å². The highest BCUT2D eigenvalue weighted by Gasteiger charge is 2.36. The molecular weight excluding hydrogens is 480 g/mol. The van der Waals surface area contributed by atoms with Crippen LogP contribution in [0.5, 0.6) is 0 Å². The van der Waals surface area contributed by atoms with Crippen molar-refractivity contribution in [1.29, 1.82) is 0 Å². The first-order chi connectivity index (χ1) is 16.2. The smallest absolute Gasteiger partial charge is 0.410 e. The molecule has 9 nitrogen and oxygen atoms in total. The van der Waals surface area contributed by atoms with Gasteiger partial charge >= 0.3 is 18.2 Å². The van der Waals surface area contributed by atoms with Gasteiger partial charge in [-0.2, -0.15) is 13.2 Å². The molecule has 0 radical (unpaired) electrons. The summed E-state index contributed by atoms with van der Waals surface area (Å²) in [5.74, 6) is -1.90. The lowest BCUT2D eigenvalue weighted by Gasteiger charge is -2.39. The van der Waals surface area contributed by atoms with E-state index in [1.807, 2.05) is 0 Å². The van der Waals surface area contributed by atoms with E-state index >= 15 is 0 Å². The highest BCUT2D eigenvalue weighted by Crippen LogP contribution is 2.25. The Labute approximate surface area is 198 Å². The zero-order valence-electron chi connectivity index (χ0n) is 19.3. The number of nitro groups is 1. The Morgan fingerprint density at radius 2 is 1.97 bits per heavy atom. The number of nitro benzene ring substituents is 1. The number of nitrogens with zero attached hydrogens (tertiary/aromatic N) is 2. The van der Waals surface area contributed by atoms with Crippen molar-refractivity contribution >= 4 is 23.8 Å². The summed E-state index contributed by atoms with van der Waals surface area (Å²) >= 11 is 0. The summed E-state index contributed by atoms with van der Waals surface area (Å²) in [6, 6.07) is 2.55. The number of carbonyl (C=O) groups excluding carboxylic acids is 2. The van der Waals surface area contributed by atoms with Crippen molar-refractivity contribution in [3.05, 3.63) is 45.8 Å². The third-order valence-electron chi connectivity index (χ3n) is 4.70. The molecule has 0 spiro atoms. The average Bonchev–Trinajstić information content (AvgIpc) is 2.73. The third kappa shape index (κ3) is 9.15. The van der Waals surface area contributed by atoms with Gasteiger partial charge < -0.3 is 14.2 Å². The summed E-state index contributed by atoms with van der Waals surface area (Å²) < 4.78 is 66.9. The highest BCUT2D eigenvalue weighted by molar-refractivity contribution is 5.70. The zero-order valence-corrected chi connectivity index (χ0v) is 19.3. The first kappa shape index (κ1) is 28.0. The average molecular weight is 506 g/mol. The number of rotatable bonds is 7. The van der Waals surface area contributed by atoms with Crippen molar-refractivity contribution in [1.82, 2.24) is 4.90 Å². The van der Waals surface area contributed by atoms with Crippen LogP contribution in [0.3, 0.4) is 0 Å². The lowest BCUT2D eigenvalue weighted by atomic mass is 10.1. The molecule has 0 N–H and O–H groups in total. The molecule has 194 valence electrons. The molecular formula is C22H26F4N2O7. The first-order valence-electron chi connectivity index (χ1n) is 10.6. The summed E-state index contributed by atoms with van der Waals surface area (Å²) in [6.07, 6.45) is -5.81.